The van der Waals surface area contributed by atoms with Gasteiger partial charge in [0, 0.05) is 26.2 Å². The Morgan fingerprint density at radius 1 is 0.593 bits per heavy atom. The predicted octanol–water partition coefficient (Wildman–Crippen LogP) is 13.4. The SMILES string of the molecule is C=C=C=CC(CCCC)CC(=O)OCCCCCCCCCCC(CCCCCCCCCCOC(=O)CC(C)CCCC)COCCCN(CC)CC. The minimum atomic E-state index is -0.0939. The van der Waals surface area contributed by atoms with E-state index in [2.05, 4.69) is 57.6 Å². The van der Waals surface area contributed by atoms with Crippen LogP contribution in [0, 0.1) is 17.8 Å². The lowest BCUT2D eigenvalue weighted by atomic mass is 9.94. The number of nitrogens with zero attached hydrogens (tertiary/aromatic N) is 1. The average Bonchev–Trinajstić information content (AvgIpc) is 3.17. The first-order chi connectivity index (χ1) is 26.4. The van der Waals surface area contributed by atoms with Gasteiger partial charge in [0.1, 0.15) is 0 Å². The molecule has 0 aromatic carbocycles. The van der Waals surface area contributed by atoms with Crippen molar-refractivity contribution in [2.75, 3.05) is 46.1 Å². The van der Waals surface area contributed by atoms with Gasteiger partial charge in [0.05, 0.1) is 19.6 Å². The van der Waals surface area contributed by atoms with Crippen LogP contribution in [0.3, 0.4) is 0 Å². The first-order valence-electron chi connectivity index (χ1n) is 23.1. The maximum Gasteiger partial charge on any atom is 0.306 e. The van der Waals surface area contributed by atoms with E-state index in [1.165, 1.54) is 103 Å². The van der Waals surface area contributed by atoms with E-state index in [0.29, 0.717) is 37.9 Å². The molecule has 6 heteroatoms. The van der Waals surface area contributed by atoms with E-state index in [9.17, 15) is 9.59 Å². The van der Waals surface area contributed by atoms with Crippen LogP contribution in [0.25, 0.3) is 0 Å². The van der Waals surface area contributed by atoms with Crippen molar-refractivity contribution in [1.29, 1.82) is 0 Å². The smallest absolute Gasteiger partial charge is 0.306 e. The average molecular weight is 760 g/mol. The Morgan fingerprint density at radius 3 is 1.57 bits per heavy atom. The summed E-state index contributed by atoms with van der Waals surface area (Å²) in [6.07, 6.45) is 33.2. The molecule has 0 aliphatic carbocycles. The first kappa shape index (κ1) is 52.2. The third kappa shape index (κ3) is 35.8. The van der Waals surface area contributed by atoms with Gasteiger partial charge >= 0.3 is 11.9 Å². The summed E-state index contributed by atoms with van der Waals surface area (Å²) in [6.45, 7) is 20.9. The molecule has 0 aliphatic heterocycles. The molecule has 0 heterocycles. The summed E-state index contributed by atoms with van der Waals surface area (Å²) in [6, 6.07) is 0. The minimum absolute atomic E-state index is 0.0135. The number of unbranched alkanes of at least 4 members (excludes halogenated alkanes) is 16. The molecule has 3 atom stereocenters. The zero-order valence-corrected chi connectivity index (χ0v) is 36.5. The molecule has 0 fully saturated rings. The fourth-order valence-electron chi connectivity index (χ4n) is 7.21. The van der Waals surface area contributed by atoms with E-state index in [0.717, 1.165) is 90.6 Å². The zero-order chi connectivity index (χ0) is 39.7. The van der Waals surface area contributed by atoms with Crippen LogP contribution in [0.15, 0.2) is 24.1 Å². The van der Waals surface area contributed by atoms with E-state index in [-0.39, 0.29) is 17.9 Å². The largest absolute Gasteiger partial charge is 0.466 e. The Hall–Kier alpha value is -1.84. The van der Waals surface area contributed by atoms with Crippen molar-refractivity contribution in [2.24, 2.45) is 17.8 Å². The lowest BCUT2D eigenvalue weighted by Gasteiger charge is -2.19. The van der Waals surface area contributed by atoms with Gasteiger partial charge in [-0.25, -0.2) is 0 Å². The maximum absolute atomic E-state index is 12.3. The molecule has 0 spiro atoms. The third-order valence-electron chi connectivity index (χ3n) is 10.9. The van der Waals surface area contributed by atoms with Crippen LogP contribution in [0.4, 0.5) is 0 Å². The lowest BCUT2D eigenvalue weighted by Crippen LogP contribution is -2.25. The third-order valence-corrected chi connectivity index (χ3v) is 10.9. The molecule has 0 saturated heterocycles. The minimum Gasteiger partial charge on any atom is -0.466 e. The van der Waals surface area contributed by atoms with Crippen molar-refractivity contribution in [3.8, 4) is 0 Å². The van der Waals surface area contributed by atoms with Crippen molar-refractivity contribution in [3.05, 3.63) is 24.1 Å². The van der Waals surface area contributed by atoms with Crippen LogP contribution >= 0.6 is 0 Å². The van der Waals surface area contributed by atoms with Crippen molar-refractivity contribution >= 4 is 11.9 Å². The molecule has 316 valence electrons. The van der Waals surface area contributed by atoms with E-state index in [1.807, 2.05) is 6.08 Å². The van der Waals surface area contributed by atoms with Gasteiger partial charge in [0.15, 0.2) is 0 Å². The molecule has 0 aromatic heterocycles. The zero-order valence-electron chi connectivity index (χ0n) is 36.5. The summed E-state index contributed by atoms with van der Waals surface area (Å²) in [5, 5.41) is 0. The molecule has 0 bridgehead atoms. The van der Waals surface area contributed by atoms with Crippen LogP contribution in [0.1, 0.15) is 208 Å². The van der Waals surface area contributed by atoms with Gasteiger partial charge in [0.2, 0.25) is 0 Å². The predicted molar refractivity (Wildman–Crippen MR) is 230 cm³/mol. The molecule has 54 heavy (non-hydrogen) atoms. The number of hydrogen-bond donors (Lipinski definition) is 0. The topological polar surface area (TPSA) is 65.1 Å². The highest BCUT2D eigenvalue weighted by atomic mass is 16.5. The van der Waals surface area contributed by atoms with Crippen LogP contribution in [-0.2, 0) is 23.8 Å². The molecule has 0 aliphatic rings. The van der Waals surface area contributed by atoms with Crippen molar-refractivity contribution in [2.45, 2.75) is 208 Å². The second kappa shape index (κ2) is 40.8. The van der Waals surface area contributed by atoms with E-state index >= 15 is 0 Å². The molecule has 0 amide bonds. The summed E-state index contributed by atoms with van der Waals surface area (Å²) in [7, 11) is 0. The molecule has 0 aromatic rings. The molecule has 6 nitrogen and oxygen atoms in total. The van der Waals surface area contributed by atoms with Gasteiger partial charge in [-0.05, 0) is 82.0 Å². The van der Waals surface area contributed by atoms with E-state index < -0.39 is 0 Å². The molecule has 0 rings (SSSR count). The number of carbonyl (C=O) groups is 2. The highest BCUT2D eigenvalue weighted by Crippen LogP contribution is 2.21. The van der Waals surface area contributed by atoms with Gasteiger partial charge in [-0.15, -0.1) is 0 Å². The number of allylic oxidation sites excluding steroid dienone is 1. The van der Waals surface area contributed by atoms with Crippen LogP contribution in [-0.4, -0.2) is 62.9 Å². The van der Waals surface area contributed by atoms with Crippen molar-refractivity contribution in [3.63, 3.8) is 0 Å². The van der Waals surface area contributed by atoms with Crippen molar-refractivity contribution < 1.29 is 23.8 Å². The maximum atomic E-state index is 12.3. The van der Waals surface area contributed by atoms with Crippen molar-refractivity contribution in [1.82, 2.24) is 4.90 Å². The molecular formula is C48H89NO5. The highest BCUT2D eigenvalue weighted by Gasteiger charge is 2.13. The number of carbonyl (C=O) groups excluding carboxylic acids is 2. The van der Waals surface area contributed by atoms with Crippen LogP contribution < -0.4 is 0 Å². The van der Waals surface area contributed by atoms with Gasteiger partial charge in [-0.1, -0.05) is 168 Å². The lowest BCUT2D eigenvalue weighted by molar-refractivity contribution is -0.145. The quantitative estimate of drug-likeness (QED) is 0.0351. The molecule has 0 radical (unpaired) electrons. The van der Waals surface area contributed by atoms with Gasteiger partial charge in [-0.2, -0.15) is 0 Å². The summed E-state index contributed by atoms with van der Waals surface area (Å²) >= 11 is 0. The normalized spacial score (nSPS) is 12.9. The summed E-state index contributed by atoms with van der Waals surface area (Å²) < 4.78 is 17.2. The molecule has 0 N–H and O–H groups in total. The fraction of sp³-hybridized carbons (Fsp3) is 0.875. The second-order valence-corrected chi connectivity index (χ2v) is 16.0. The summed E-state index contributed by atoms with van der Waals surface area (Å²) in [4.78, 5) is 26.8. The van der Waals surface area contributed by atoms with Crippen LogP contribution in [0.5, 0.6) is 0 Å². The highest BCUT2D eigenvalue weighted by molar-refractivity contribution is 5.70. The Kier molecular flexibility index (Phi) is 39.4. The second-order valence-electron chi connectivity index (χ2n) is 16.0. The van der Waals surface area contributed by atoms with E-state index in [1.54, 1.807) is 0 Å². The Bertz CT molecular complexity index is 920. The summed E-state index contributed by atoms with van der Waals surface area (Å²) in [5.74, 6) is 1.20. The monoisotopic (exact) mass is 760 g/mol. The molecule has 0 saturated carbocycles. The van der Waals surface area contributed by atoms with Gasteiger partial charge in [-0.3, -0.25) is 9.59 Å². The van der Waals surface area contributed by atoms with E-state index in [4.69, 9.17) is 14.2 Å². The number of esters is 2. The number of hydrogen-bond acceptors (Lipinski definition) is 6. The fourth-order valence-corrected chi connectivity index (χ4v) is 7.21. The first-order valence-corrected chi connectivity index (χ1v) is 23.1. The summed E-state index contributed by atoms with van der Waals surface area (Å²) in [5.41, 5.74) is 5.58. The molecule has 3 unspecified atom stereocenters. The van der Waals surface area contributed by atoms with Gasteiger partial charge < -0.3 is 19.1 Å². The Balaban J connectivity index is 4.11. The standard InChI is InChI=1S/C48H89NO5/c1-7-12-32-44(6)41-47(50)53-39-29-25-21-17-15-19-23-27-35-46(43-52-38-31-37-49(10-4)11-5)36-28-24-20-16-18-22-26-30-40-54-48(51)42-45(33-13-8-2)34-14-9-3/h33,44-46H,2,7,9-12,14-32,34-43H2,1,3-6H3. The number of rotatable bonds is 41. The van der Waals surface area contributed by atoms with Crippen LogP contribution in [0.2, 0.25) is 0 Å². The Labute approximate surface area is 335 Å². The van der Waals surface area contributed by atoms with Gasteiger partial charge in [0.25, 0.3) is 0 Å². The number of ether oxygens (including phenoxy) is 3. The Morgan fingerprint density at radius 2 is 1.07 bits per heavy atom. The molecular weight excluding hydrogens is 671 g/mol.